The third-order valence-electron chi connectivity index (χ3n) is 3.43. The van der Waals surface area contributed by atoms with Gasteiger partial charge in [0.15, 0.2) is 10.6 Å². The Morgan fingerprint density at radius 1 is 1.26 bits per heavy atom. The number of carbonyl (C=O) groups excluding carboxylic acids is 1. The van der Waals surface area contributed by atoms with E-state index in [0.29, 0.717) is 26.2 Å². The number of fused-ring (bicyclic) bond motifs is 1. The average Bonchev–Trinajstić information content (AvgIpc) is 2.93. The number of carbonyl (C=O) groups is 1. The standard InChI is InChI=1S/C14H20N6O2S/c1-14(2,3)22-13(21)20-6-4-19(5-7-20)10-9-11(23-8-16-9)18-12(15)17-10/h8H,4-7H2,1-3H3,(H2,15,17,18). The van der Waals surface area contributed by atoms with E-state index in [0.717, 1.165) is 16.2 Å². The van der Waals surface area contributed by atoms with E-state index in [2.05, 4.69) is 19.9 Å². The first-order valence-corrected chi connectivity index (χ1v) is 8.31. The minimum atomic E-state index is -0.484. The van der Waals surface area contributed by atoms with Gasteiger partial charge in [-0.2, -0.15) is 4.98 Å². The summed E-state index contributed by atoms with van der Waals surface area (Å²) in [5, 5.41) is 0. The van der Waals surface area contributed by atoms with Gasteiger partial charge in [0.05, 0.1) is 5.51 Å². The van der Waals surface area contributed by atoms with Gasteiger partial charge in [0.1, 0.15) is 11.1 Å². The highest BCUT2D eigenvalue weighted by Crippen LogP contribution is 2.27. The van der Waals surface area contributed by atoms with E-state index in [9.17, 15) is 4.79 Å². The van der Waals surface area contributed by atoms with Gasteiger partial charge < -0.3 is 20.3 Å². The fourth-order valence-corrected chi connectivity index (χ4v) is 3.07. The number of rotatable bonds is 1. The first kappa shape index (κ1) is 15.7. The first-order valence-electron chi connectivity index (χ1n) is 7.43. The summed E-state index contributed by atoms with van der Waals surface area (Å²) in [6.45, 7) is 8.05. The van der Waals surface area contributed by atoms with E-state index in [-0.39, 0.29) is 12.0 Å². The van der Waals surface area contributed by atoms with Gasteiger partial charge in [0.2, 0.25) is 5.95 Å². The molecular formula is C14H20N6O2S. The molecule has 1 amide bonds. The lowest BCUT2D eigenvalue weighted by atomic mass is 10.2. The number of aromatic nitrogens is 3. The van der Waals surface area contributed by atoms with Gasteiger partial charge in [-0.1, -0.05) is 0 Å². The minimum Gasteiger partial charge on any atom is -0.444 e. The molecule has 23 heavy (non-hydrogen) atoms. The molecule has 0 aliphatic carbocycles. The molecule has 3 heterocycles. The Labute approximate surface area is 138 Å². The molecule has 8 nitrogen and oxygen atoms in total. The van der Waals surface area contributed by atoms with Crippen molar-refractivity contribution in [3.05, 3.63) is 5.51 Å². The van der Waals surface area contributed by atoms with Crippen molar-refractivity contribution in [2.24, 2.45) is 0 Å². The maximum absolute atomic E-state index is 12.1. The second-order valence-electron chi connectivity index (χ2n) is 6.37. The molecule has 0 atom stereocenters. The Bertz CT molecular complexity index is 718. The van der Waals surface area contributed by atoms with Crippen LogP contribution in [0.4, 0.5) is 16.6 Å². The summed E-state index contributed by atoms with van der Waals surface area (Å²) in [7, 11) is 0. The molecule has 2 aromatic rings. The summed E-state index contributed by atoms with van der Waals surface area (Å²) >= 11 is 1.44. The zero-order valence-corrected chi connectivity index (χ0v) is 14.3. The number of amides is 1. The summed E-state index contributed by atoms with van der Waals surface area (Å²) in [6.07, 6.45) is -0.279. The van der Waals surface area contributed by atoms with Crippen LogP contribution in [0.25, 0.3) is 10.3 Å². The number of ether oxygens (including phenoxy) is 1. The number of nitrogens with two attached hydrogens (primary N) is 1. The van der Waals surface area contributed by atoms with Crippen molar-refractivity contribution >= 4 is 39.5 Å². The van der Waals surface area contributed by atoms with Crippen LogP contribution in [-0.4, -0.2) is 57.7 Å². The Morgan fingerprint density at radius 2 is 1.96 bits per heavy atom. The van der Waals surface area contributed by atoms with Crippen LogP contribution in [0, 0.1) is 0 Å². The Morgan fingerprint density at radius 3 is 2.61 bits per heavy atom. The highest BCUT2D eigenvalue weighted by atomic mass is 32.1. The maximum Gasteiger partial charge on any atom is 0.410 e. The Kier molecular flexibility index (Phi) is 3.97. The second-order valence-corrected chi connectivity index (χ2v) is 7.20. The average molecular weight is 336 g/mol. The lowest BCUT2D eigenvalue weighted by molar-refractivity contribution is 0.0240. The molecule has 0 spiro atoms. The summed E-state index contributed by atoms with van der Waals surface area (Å²) in [4.78, 5) is 29.5. The molecule has 1 saturated heterocycles. The number of anilines is 2. The smallest absolute Gasteiger partial charge is 0.410 e. The van der Waals surface area contributed by atoms with E-state index in [1.54, 1.807) is 10.4 Å². The molecule has 0 radical (unpaired) electrons. The predicted octanol–water partition coefficient (Wildman–Crippen LogP) is 1.73. The monoisotopic (exact) mass is 336 g/mol. The second kappa shape index (κ2) is 5.80. The molecule has 1 fully saturated rings. The molecule has 1 aliphatic rings. The molecule has 1 aliphatic heterocycles. The lowest BCUT2D eigenvalue weighted by Gasteiger charge is -2.36. The lowest BCUT2D eigenvalue weighted by Crippen LogP contribution is -2.50. The summed E-state index contributed by atoms with van der Waals surface area (Å²) in [5.74, 6) is 0.976. The molecule has 9 heteroatoms. The third kappa shape index (κ3) is 3.44. The first-order chi connectivity index (χ1) is 10.8. The number of piperazine rings is 1. The zero-order chi connectivity index (χ0) is 16.6. The maximum atomic E-state index is 12.1. The third-order valence-corrected chi connectivity index (χ3v) is 4.15. The van der Waals surface area contributed by atoms with Gasteiger partial charge in [-0.05, 0) is 20.8 Å². The summed E-state index contributed by atoms with van der Waals surface area (Å²) in [5.41, 5.74) is 7.79. The minimum absolute atomic E-state index is 0.242. The number of nitrogen functional groups attached to an aromatic ring is 1. The zero-order valence-electron chi connectivity index (χ0n) is 13.4. The van der Waals surface area contributed by atoms with Crippen molar-refractivity contribution < 1.29 is 9.53 Å². The van der Waals surface area contributed by atoms with Gasteiger partial charge in [0, 0.05) is 26.2 Å². The van der Waals surface area contributed by atoms with Gasteiger partial charge in [-0.25, -0.2) is 14.8 Å². The van der Waals surface area contributed by atoms with Gasteiger partial charge in [-0.15, -0.1) is 11.3 Å². The molecule has 124 valence electrons. The fraction of sp³-hybridized carbons (Fsp3) is 0.571. The fourth-order valence-electron chi connectivity index (χ4n) is 2.41. The highest BCUT2D eigenvalue weighted by Gasteiger charge is 2.27. The van der Waals surface area contributed by atoms with Crippen LogP contribution >= 0.6 is 11.3 Å². The largest absolute Gasteiger partial charge is 0.444 e. The van der Waals surface area contributed by atoms with Gasteiger partial charge >= 0.3 is 6.09 Å². The van der Waals surface area contributed by atoms with Crippen molar-refractivity contribution in [1.29, 1.82) is 0 Å². The number of hydrogen-bond acceptors (Lipinski definition) is 8. The van der Waals surface area contributed by atoms with Crippen molar-refractivity contribution in [3.63, 3.8) is 0 Å². The van der Waals surface area contributed by atoms with Crippen LogP contribution in [0.3, 0.4) is 0 Å². The van der Waals surface area contributed by atoms with Gasteiger partial charge in [0.25, 0.3) is 0 Å². The SMILES string of the molecule is CC(C)(C)OC(=O)N1CCN(c2nc(N)nc3scnc23)CC1. The molecular weight excluding hydrogens is 316 g/mol. The quantitative estimate of drug-likeness (QED) is 0.847. The van der Waals surface area contributed by atoms with E-state index in [4.69, 9.17) is 10.5 Å². The van der Waals surface area contributed by atoms with Crippen molar-refractivity contribution in [3.8, 4) is 0 Å². The highest BCUT2D eigenvalue weighted by molar-refractivity contribution is 7.16. The molecule has 0 bridgehead atoms. The van der Waals surface area contributed by atoms with Crippen LogP contribution < -0.4 is 10.6 Å². The summed E-state index contributed by atoms with van der Waals surface area (Å²) < 4.78 is 5.41. The van der Waals surface area contributed by atoms with Crippen LogP contribution in [0.15, 0.2) is 5.51 Å². The van der Waals surface area contributed by atoms with E-state index in [1.807, 2.05) is 20.8 Å². The molecule has 3 rings (SSSR count). The Balaban J connectivity index is 1.71. The molecule has 2 N–H and O–H groups in total. The van der Waals surface area contributed by atoms with Gasteiger partial charge in [-0.3, -0.25) is 0 Å². The van der Waals surface area contributed by atoms with Crippen LogP contribution in [0.1, 0.15) is 20.8 Å². The van der Waals surface area contributed by atoms with E-state index in [1.165, 1.54) is 11.3 Å². The molecule has 0 unspecified atom stereocenters. The van der Waals surface area contributed by atoms with E-state index >= 15 is 0 Å². The van der Waals surface area contributed by atoms with Crippen molar-refractivity contribution in [1.82, 2.24) is 19.9 Å². The number of thiazole rings is 1. The number of hydrogen-bond donors (Lipinski definition) is 1. The summed E-state index contributed by atoms with van der Waals surface area (Å²) in [6, 6.07) is 0. The van der Waals surface area contributed by atoms with Crippen molar-refractivity contribution in [2.45, 2.75) is 26.4 Å². The molecule has 0 saturated carbocycles. The van der Waals surface area contributed by atoms with Crippen LogP contribution in [0.2, 0.25) is 0 Å². The predicted molar refractivity (Wildman–Crippen MR) is 89.6 cm³/mol. The van der Waals surface area contributed by atoms with E-state index < -0.39 is 5.60 Å². The normalized spacial score (nSPS) is 16.0. The molecule has 2 aromatic heterocycles. The van der Waals surface area contributed by atoms with Crippen LogP contribution in [0.5, 0.6) is 0 Å². The number of nitrogens with zero attached hydrogens (tertiary/aromatic N) is 5. The Hall–Kier alpha value is -2.16. The molecule has 0 aromatic carbocycles. The van der Waals surface area contributed by atoms with Crippen LogP contribution in [-0.2, 0) is 4.74 Å². The topological polar surface area (TPSA) is 97.5 Å². The van der Waals surface area contributed by atoms with Crippen molar-refractivity contribution in [2.75, 3.05) is 36.8 Å².